The Labute approximate surface area is 142 Å². The normalized spacial score (nSPS) is 29.0. The molecule has 10 heteroatoms. The van der Waals surface area contributed by atoms with Gasteiger partial charge in [0.05, 0.1) is 5.41 Å². The predicted molar refractivity (Wildman–Crippen MR) is 87.7 cm³/mol. The first kappa shape index (κ1) is 18.9. The van der Waals surface area contributed by atoms with E-state index < -0.39 is 21.6 Å². The lowest BCUT2D eigenvalue weighted by atomic mass is 9.90. The molecule has 2 amide bonds. The molecule has 2 N–H and O–H groups in total. The minimum absolute atomic E-state index is 0.167. The van der Waals surface area contributed by atoms with Crippen LogP contribution in [-0.2, 0) is 15.0 Å². The van der Waals surface area contributed by atoms with Gasteiger partial charge in [-0.3, -0.25) is 4.79 Å². The molecule has 138 valence electrons. The van der Waals surface area contributed by atoms with Crippen LogP contribution in [0, 0.1) is 5.41 Å². The number of rotatable bonds is 4. The van der Waals surface area contributed by atoms with Gasteiger partial charge in [0.25, 0.3) is 10.2 Å². The summed E-state index contributed by atoms with van der Waals surface area (Å²) in [6.45, 7) is 2.86. The van der Waals surface area contributed by atoms with E-state index in [1.165, 1.54) is 23.3 Å². The zero-order valence-electron chi connectivity index (χ0n) is 14.4. The van der Waals surface area contributed by atoms with E-state index in [4.69, 9.17) is 0 Å². The van der Waals surface area contributed by atoms with Crippen molar-refractivity contribution in [2.45, 2.75) is 32.2 Å². The fourth-order valence-corrected chi connectivity index (χ4v) is 4.27. The molecule has 2 aliphatic rings. The first-order valence-electron chi connectivity index (χ1n) is 8.03. The summed E-state index contributed by atoms with van der Waals surface area (Å²) in [6.07, 6.45) is 1.79. The van der Waals surface area contributed by atoms with Crippen molar-refractivity contribution in [3.05, 3.63) is 0 Å². The van der Waals surface area contributed by atoms with Gasteiger partial charge in [-0.2, -0.15) is 17.0 Å². The number of hydrogen-bond acceptors (Lipinski definition) is 4. The zero-order valence-corrected chi connectivity index (χ0v) is 15.2. The van der Waals surface area contributed by atoms with Gasteiger partial charge >= 0.3 is 12.0 Å². The van der Waals surface area contributed by atoms with Crippen LogP contribution in [0.3, 0.4) is 0 Å². The van der Waals surface area contributed by atoms with E-state index in [2.05, 4.69) is 5.32 Å². The predicted octanol–water partition coefficient (Wildman–Crippen LogP) is -0.237. The van der Waals surface area contributed by atoms with Crippen LogP contribution in [-0.4, -0.2) is 85.4 Å². The standard InChI is InChI=1S/C14H26N4O5S/c1-14(12(19)20)6-8-17(10-14)13(21)15-11-5-4-7-18(9-11)24(22,23)16(2)3/h11H,4-10H2,1-3H3,(H,15,21)(H,19,20)/t11-,14?/m1/s1. The highest BCUT2D eigenvalue weighted by Crippen LogP contribution is 2.30. The van der Waals surface area contributed by atoms with Crippen LogP contribution in [0.4, 0.5) is 4.79 Å². The Morgan fingerprint density at radius 1 is 1.29 bits per heavy atom. The van der Waals surface area contributed by atoms with Crippen LogP contribution in [0.25, 0.3) is 0 Å². The third-order valence-corrected chi connectivity index (χ3v) is 6.68. The fraction of sp³-hybridized carbons (Fsp3) is 0.857. The summed E-state index contributed by atoms with van der Waals surface area (Å²) >= 11 is 0. The second-order valence-corrected chi connectivity index (χ2v) is 9.12. The molecule has 1 unspecified atom stereocenters. The number of nitrogens with one attached hydrogen (secondary N) is 1. The molecule has 2 fully saturated rings. The first-order chi connectivity index (χ1) is 11.1. The minimum Gasteiger partial charge on any atom is -0.481 e. The molecule has 2 aliphatic heterocycles. The SMILES string of the molecule is CN(C)S(=O)(=O)N1CCC[C@@H](NC(=O)N2CCC(C)(C(=O)O)C2)C1. The van der Waals surface area contributed by atoms with Gasteiger partial charge < -0.3 is 15.3 Å². The molecular weight excluding hydrogens is 336 g/mol. The van der Waals surface area contributed by atoms with E-state index in [-0.39, 0.29) is 25.2 Å². The van der Waals surface area contributed by atoms with Crippen molar-refractivity contribution in [2.24, 2.45) is 5.41 Å². The molecule has 0 spiro atoms. The van der Waals surface area contributed by atoms with Crippen LogP contribution < -0.4 is 5.32 Å². The van der Waals surface area contributed by atoms with E-state index in [1.54, 1.807) is 6.92 Å². The molecule has 2 rings (SSSR count). The summed E-state index contributed by atoms with van der Waals surface area (Å²) in [5.74, 6) is -0.904. The number of carbonyl (C=O) groups excluding carboxylic acids is 1. The van der Waals surface area contributed by atoms with Crippen LogP contribution >= 0.6 is 0 Å². The molecule has 0 aromatic heterocycles. The molecule has 0 aliphatic carbocycles. The van der Waals surface area contributed by atoms with Crippen LogP contribution in [0.5, 0.6) is 0 Å². The molecule has 2 saturated heterocycles. The zero-order chi connectivity index (χ0) is 18.1. The van der Waals surface area contributed by atoms with Gasteiger partial charge in [0.1, 0.15) is 0 Å². The summed E-state index contributed by atoms with van der Waals surface area (Å²) in [5.41, 5.74) is -0.912. The molecule has 0 aromatic rings. The Morgan fingerprint density at radius 2 is 1.96 bits per heavy atom. The molecule has 0 radical (unpaired) electrons. The van der Waals surface area contributed by atoms with Gasteiger partial charge in [0, 0.05) is 46.3 Å². The van der Waals surface area contributed by atoms with E-state index in [1.807, 2.05) is 0 Å². The van der Waals surface area contributed by atoms with Gasteiger partial charge in [-0.1, -0.05) is 0 Å². The van der Waals surface area contributed by atoms with Crippen molar-refractivity contribution in [2.75, 3.05) is 40.3 Å². The van der Waals surface area contributed by atoms with Gasteiger partial charge in [-0.25, -0.2) is 4.79 Å². The van der Waals surface area contributed by atoms with E-state index >= 15 is 0 Å². The first-order valence-corrected chi connectivity index (χ1v) is 9.42. The number of urea groups is 1. The Kier molecular flexibility index (Phi) is 5.41. The number of piperidine rings is 1. The highest BCUT2D eigenvalue weighted by atomic mass is 32.2. The van der Waals surface area contributed by atoms with Crippen molar-refractivity contribution in [1.29, 1.82) is 0 Å². The molecule has 0 bridgehead atoms. The van der Waals surface area contributed by atoms with Crippen molar-refractivity contribution < 1.29 is 23.1 Å². The average molecular weight is 362 g/mol. The van der Waals surface area contributed by atoms with E-state index in [0.29, 0.717) is 32.4 Å². The highest BCUT2D eigenvalue weighted by molar-refractivity contribution is 7.86. The Morgan fingerprint density at radius 3 is 2.50 bits per heavy atom. The van der Waals surface area contributed by atoms with Crippen LogP contribution in [0.15, 0.2) is 0 Å². The lowest BCUT2D eigenvalue weighted by Gasteiger charge is -2.34. The second-order valence-electron chi connectivity index (χ2n) is 6.97. The maximum Gasteiger partial charge on any atom is 0.317 e. The summed E-state index contributed by atoms with van der Waals surface area (Å²) < 4.78 is 26.9. The monoisotopic (exact) mass is 362 g/mol. The molecular formula is C14H26N4O5S. The smallest absolute Gasteiger partial charge is 0.317 e. The topological polar surface area (TPSA) is 110 Å². The number of carboxylic acid groups (broad SMARTS) is 1. The number of hydrogen-bond donors (Lipinski definition) is 2. The Balaban J connectivity index is 1.94. The lowest BCUT2D eigenvalue weighted by Crippen LogP contribution is -2.54. The van der Waals surface area contributed by atoms with Gasteiger partial charge in [-0.15, -0.1) is 0 Å². The molecule has 2 atom stereocenters. The molecule has 2 heterocycles. The van der Waals surface area contributed by atoms with Crippen LogP contribution in [0.2, 0.25) is 0 Å². The quantitative estimate of drug-likeness (QED) is 0.717. The molecule has 24 heavy (non-hydrogen) atoms. The Hall–Kier alpha value is -1.39. The number of carbonyl (C=O) groups is 2. The number of nitrogens with zero attached hydrogens (tertiary/aromatic N) is 3. The third-order valence-electron chi connectivity index (χ3n) is 4.78. The fourth-order valence-electron chi connectivity index (χ4n) is 3.08. The molecule has 0 aromatic carbocycles. The Bertz CT molecular complexity index is 608. The summed E-state index contributed by atoms with van der Waals surface area (Å²) in [4.78, 5) is 25.1. The van der Waals surface area contributed by atoms with Crippen LogP contribution in [0.1, 0.15) is 26.2 Å². The second kappa shape index (κ2) is 6.85. The summed E-state index contributed by atoms with van der Waals surface area (Å²) in [7, 11) is -0.532. The number of carboxylic acids is 1. The summed E-state index contributed by atoms with van der Waals surface area (Å²) in [6, 6.07) is -0.591. The van der Waals surface area contributed by atoms with Gasteiger partial charge in [0.2, 0.25) is 0 Å². The van der Waals surface area contributed by atoms with Crippen molar-refractivity contribution in [1.82, 2.24) is 18.8 Å². The van der Waals surface area contributed by atoms with Gasteiger partial charge in [-0.05, 0) is 26.2 Å². The minimum atomic E-state index is -3.49. The van der Waals surface area contributed by atoms with Crippen molar-refractivity contribution >= 4 is 22.2 Å². The third kappa shape index (κ3) is 3.81. The molecule has 9 nitrogen and oxygen atoms in total. The molecule has 0 saturated carbocycles. The largest absolute Gasteiger partial charge is 0.481 e. The number of aliphatic carboxylic acids is 1. The highest BCUT2D eigenvalue weighted by Gasteiger charge is 2.42. The van der Waals surface area contributed by atoms with E-state index in [9.17, 15) is 23.1 Å². The average Bonchev–Trinajstić information content (AvgIpc) is 2.91. The lowest BCUT2D eigenvalue weighted by molar-refractivity contribution is -0.147. The van der Waals surface area contributed by atoms with E-state index in [0.717, 1.165) is 4.31 Å². The summed E-state index contributed by atoms with van der Waals surface area (Å²) in [5, 5.41) is 12.1. The van der Waals surface area contributed by atoms with Crippen molar-refractivity contribution in [3.8, 4) is 0 Å². The maximum absolute atomic E-state index is 12.4. The number of likely N-dealkylation sites (tertiary alicyclic amines) is 1. The number of amides is 2. The maximum atomic E-state index is 12.4. The van der Waals surface area contributed by atoms with Crippen molar-refractivity contribution in [3.63, 3.8) is 0 Å². The van der Waals surface area contributed by atoms with Gasteiger partial charge in [0.15, 0.2) is 0 Å².